The zero-order valence-electron chi connectivity index (χ0n) is 10.1. The summed E-state index contributed by atoms with van der Waals surface area (Å²) in [6, 6.07) is 10.9. The molecular weight excluding hydrogens is 327 g/mol. The molecule has 5 heteroatoms. The number of nitrogens with one attached hydrogen (secondary N) is 1. The number of halogens is 2. The van der Waals surface area contributed by atoms with E-state index in [4.69, 9.17) is 12.2 Å². The van der Waals surface area contributed by atoms with E-state index in [1.54, 1.807) is 12.1 Å². The van der Waals surface area contributed by atoms with Crippen LogP contribution in [0.5, 0.6) is 0 Å². The lowest BCUT2D eigenvalue weighted by Crippen LogP contribution is -1.94. The number of imidazole rings is 1. The summed E-state index contributed by atoms with van der Waals surface area (Å²) in [5, 5.41) is 0. The second-order valence-corrected chi connectivity index (χ2v) is 5.57. The number of aromatic nitrogens is 2. The lowest BCUT2D eigenvalue weighted by Gasteiger charge is -2.06. The summed E-state index contributed by atoms with van der Waals surface area (Å²) in [6.07, 6.45) is 0. The van der Waals surface area contributed by atoms with Crippen LogP contribution in [0.2, 0.25) is 0 Å². The van der Waals surface area contributed by atoms with Crippen LogP contribution in [-0.4, -0.2) is 9.55 Å². The SMILES string of the molecule is Cc1cccc2c1[nH]c(=S)n2-c1ccc(F)c(Br)c1. The quantitative estimate of drug-likeness (QED) is 0.627. The van der Waals surface area contributed by atoms with E-state index >= 15 is 0 Å². The van der Waals surface area contributed by atoms with Crippen molar-refractivity contribution in [3.63, 3.8) is 0 Å². The van der Waals surface area contributed by atoms with Crippen LogP contribution in [-0.2, 0) is 0 Å². The molecule has 0 atom stereocenters. The van der Waals surface area contributed by atoms with Gasteiger partial charge in [0.15, 0.2) is 4.77 Å². The summed E-state index contributed by atoms with van der Waals surface area (Å²) < 4.78 is 16.3. The van der Waals surface area contributed by atoms with Gasteiger partial charge in [0, 0.05) is 5.69 Å². The fourth-order valence-corrected chi connectivity index (χ4v) is 2.83. The minimum Gasteiger partial charge on any atom is -0.330 e. The van der Waals surface area contributed by atoms with Crippen molar-refractivity contribution in [1.29, 1.82) is 0 Å². The summed E-state index contributed by atoms with van der Waals surface area (Å²) in [5.41, 5.74) is 3.95. The molecule has 96 valence electrons. The number of benzene rings is 2. The molecule has 0 saturated carbocycles. The number of hydrogen-bond donors (Lipinski definition) is 1. The number of H-pyrrole nitrogens is 1. The Hall–Kier alpha value is -1.46. The van der Waals surface area contributed by atoms with Crippen molar-refractivity contribution in [2.75, 3.05) is 0 Å². The molecular formula is C14H10BrFN2S. The maximum absolute atomic E-state index is 13.3. The molecule has 0 amide bonds. The standard InChI is InChI=1S/C14H10BrFN2S/c1-8-3-2-4-12-13(8)17-14(19)18(12)9-5-6-11(16)10(15)7-9/h2-7H,1H3,(H,17,19). The Bertz CT molecular complexity index is 835. The number of nitrogens with zero attached hydrogens (tertiary/aromatic N) is 1. The largest absolute Gasteiger partial charge is 0.330 e. The summed E-state index contributed by atoms with van der Waals surface area (Å²) >= 11 is 8.57. The molecule has 2 aromatic carbocycles. The summed E-state index contributed by atoms with van der Waals surface area (Å²) in [6.45, 7) is 2.03. The smallest absolute Gasteiger partial charge is 0.182 e. The first-order valence-corrected chi connectivity index (χ1v) is 6.94. The van der Waals surface area contributed by atoms with Gasteiger partial charge in [-0.2, -0.15) is 0 Å². The maximum Gasteiger partial charge on any atom is 0.182 e. The highest BCUT2D eigenvalue weighted by Gasteiger charge is 2.09. The van der Waals surface area contributed by atoms with E-state index in [-0.39, 0.29) is 5.82 Å². The Kier molecular flexibility index (Phi) is 3.03. The molecule has 1 N–H and O–H groups in total. The first-order valence-electron chi connectivity index (χ1n) is 5.73. The molecule has 0 saturated heterocycles. The highest BCUT2D eigenvalue weighted by molar-refractivity contribution is 9.10. The second-order valence-electron chi connectivity index (χ2n) is 4.33. The molecule has 3 rings (SSSR count). The van der Waals surface area contributed by atoms with Crippen molar-refractivity contribution in [2.24, 2.45) is 0 Å². The molecule has 3 aromatic rings. The van der Waals surface area contributed by atoms with Crippen LogP contribution in [0, 0.1) is 17.5 Å². The van der Waals surface area contributed by atoms with Gasteiger partial charge in [0.1, 0.15) is 5.82 Å². The summed E-state index contributed by atoms with van der Waals surface area (Å²) in [5.74, 6) is -0.286. The number of hydrogen-bond acceptors (Lipinski definition) is 1. The highest BCUT2D eigenvalue weighted by Crippen LogP contribution is 2.25. The van der Waals surface area contributed by atoms with Gasteiger partial charge in [-0.1, -0.05) is 12.1 Å². The van der Waals surface area contributed by atoms with Crippen molar-refractivity contribution >= 4 is 39.2 Å². The average Bonchev–Trinajstić information content (AvgIpc) is 2.71. The molecule has 0 radical (unpaired) electrons. The van der Waals surface area contributed by atoms with E-state index < -0.39 is 0 Å². The molecule has 0 bridgehead atoms. The zero-order chi connectivity index (χ0) is 13.6. The predicted molar refractivity (Wildman–Crippen MR) is 80.9 cm³/mol. The van der Waals surface area contributed by atoms with Crippen LogP contribution in [0.4, 0.5) is 4.39 Å². The third-order valence-corrected chi connectivity index (χ3v) is 3.98. The van der Waals surface area contributed by atoms with Gasteiger partial charge in [-0.25, -0.2) is 4.39 Å². The Morgan fingerprint density at radius 3 is 2.79 bits per heavy atom. The van der Waals surface area contributed by atoms with Gasteiger partial charge >= 0.3 is 0 Å². The number of para-hydroxylation sites is 1. The van der Waals surface area contributed by atoms with Gasteiger partial charge in [-0.3, -0.25) is 4.57 Å². The van der Waals surface area contributed by atoms with E-state index in [0.29, 0.717) is 9.24 Å². The molecule has 0 spiro atoms. The topological polar surface area (TPSA) is 20.7 Å². The normalized spacial score (nSPS) is 11.1. The summed E-state index contributed by atoms with van der Waals surface area (Å²) in [7, 11) is 0. The van der Waals surface area contributed by atoms with Gasteiger partial charge in [-0.15, -0.1) is 0 Å². The Morgan fingerprint density at radius 1 is 1.26 bits per heavy atom. The van der Waals surface area contributed by atoms with Crippen LogP contribution in [0.25, 0.3) is 16.7 Å². The van der Waals surface area contributed by atoms with Crippen molar-refractivity contribution in [3.8, 4) is 5.69 Å². The van der Waals surface area contributed by atoms with Crippen LogP contribution >= 0.6 is 28.1 Å². The van der Waals surface area contributed by atoms with Crippen molar-refractivity contribution in [1.82, 2.24) is 9.55 Å². The van der Waals surface area contributed by atoms with Crippen molar-refractivity contribution in [2.45, 2.75) is 6.92 Å². The predicted octanol–water partition coefficient (Wildman–Crippen LogP) is 4.90. The maximum atomic E-state index is 13.3. The molecule has 0 unspecified atom stereocenters. The van der Waals surface area contributed by atoms with Gasteiger partial charge in [0.05, 0.1) is 15.5 Å². The highest BCUT2D eigenvalue weighted by atomic mass is 79.9. The van der Waals surface area contributed by atoms with E-state index in [0.717, 1.165) is 22.3 Å². The van der Waals surface area contributed by atoms with Crippen LogP contribution in [0.15, 0.2) is 40.9 Å². The van der Waals surface area contributed by atoms with Crippen LogP contribution < -0.4 is 0 Å². The molecule has 0 fully saturated rings. The van der Waals surface area contributed by atoms with Crippen LogP contribution in [0.1, 0.15) is 5.56 Å². The third-order valence-electron chi connectivity index (χ3n) is 3.09. The second kappa shape index (κ2) is 4.58. The number of aryl methyl sites for hydroxylation is 1. The fraction of sp³-hybridized carbons (Fsp3) is 0.0714. The van der Waals surface area contributed by atoms with Gasteiger partial charge in [0.2, 0.25) is 0 Å². The van der Waals surface area contributed by atoms with E-state index in [1.165, 1.54) is 6.07 Å². The van der Waals surface area contributed by atoms with Crippen molar-refractivity contribution in [3.05, 3.63) is 57.0 Å². The Morgan fingerprint density at radius 2 is 2.05 bits per heavy atom. The minimum absolute atomic E-state index is 0.286. The van der Waals surface area contributed by atoms with Gasteiger partial charge in [0.25, 0.3) is 0 Å². The Labute approximate surface area is 123 Å². The molecule has 0 aliphatic carbocycles. The number of fused-ring (bicyclic) bond motifs is 1. The average molecular weight is 337 g/mol. The number of aromatic amines is 1. The zero-order valence-corrected chi connectivity index (χ0v) is 12.5. The first kappa shape index (κ1) is 12.6. The monoisotopic (exact) mass is 336 g/mol. The molecule has 0 aliphatic rings. The lowest BCUT2D eigenvalue weighted by molar-refractivity contribution is 0.620. The summed E-state index contributed by atoms with van der Waals surface area (Å²) in [4.78, 5) is 3.20. The molecule has 1 aromatic heterocycles. The minimum atomic E-state index is -0.286. The van der Waals surface area contributed by atoms with Crippen molar-refractivity contribution < 1.29 is 4.39 Å². The number of rotatable bonds is 1. The molecule has 19 heavy (non-hydrogen) atoms. The molecule has 2 nitrogen and oxygen atoms in total. The molecule has 0 aliphatic heterocycles. The molecule has 1 heterocycles. The van der Waals surface area contributed by atoms with E-state index in [9.17, 15) is 4.39 Å². The van der Waals surface area contributed by atoms with Crippen LogP contribution in [0.3, 0.4) is 0 Å². The van der Waals surface area contributed by atoms with Gasteiger partial charge in [-0.05, 0) is 64.9 Å². The van der Waals surface area contributed by atoms with E-state index in [2.05, 4.69) is 20.9 Å². The first-order chi connectivity index (χ1) is 9.08. The van der Waals surface area contributed by atoms with Gasteiger partial charge < -0.3 is 4.98 Å². The lowest BCUT2D eigenvalue weighted by atomic mass is 10.2. The Balaban J connectivity index is 2.36. The third kappa shape index (κ3) is 2.03. The van der Waals surface area contributed by atoms with E-state index in [1.807, 2.05) is 29.7 Å². The fourth-order valence-electron chi connectivity index (χ4n) is 2.15.